The molecule has 170 valence electrons. The van der Waals surface area contributed by atoms with Gasteiger partial charge in [0.2, 0.25) is 5.78 Å². The van der Waals surface area contributed by atoms with Gasteiger partial charge in [0.1, 0.15) is 29.7 Å². The van der Waals surface area contributed by atoms with Crippen molar-refractivity contribution in [3.63, 3.8) is 0 Å². The molecule has 6 nitrogen and oxygen atoms in total. The zero-order valence-corrected chi connectivity index (χ0v) is 19.7. The minimum absolute atomic E-state index is 0.126. The normalized spacial score (nSPS) is 16.2. The zero-order chi connectivity index (χ0) is 22.9. The molecule has 0 unspecified atom stereocenters. The van der Waals surface area contributed by atoms with Crippen LogP contribution in [0.2, 0.25) is 0 Å². The second-order valence-corrected chi connectivity index (χ2v) is 9.11. The number of carbonyl (C=O) groups excluding carboxylic acids is 1. The van der Waals surface area contributed by atoms with E-state index >= 15 is 0 Å². The quantitative estimate of drug-likeness (QED) is 0.475. The Morgan fingerprint density at radius 1 is 1.18 bits per heavy atom. The number of rotatable bonds is 6. The van der Waals surface area contributed by atoms with E-state index in [4.69, 9.17) is 18.9 Å². The average molecular weight is 464 g/mol. The SMILES string of the molecule is COc1ccc(/C=C2\Oc3c4c(cc(C)c3C2=O)OCN(CCc2cccs2)C4)c(OC)c1. The standard InChI is InChI=1S/C26H25NO5S/c1-16-11-22-20(14-27(15-31-22)9-8-19-5-4-10-33-19)26-24(16)25(28)23(32-26)12-17-6-7-18(29-2)13-21(17)30-3/h4-7,10-13H,8-9,14-15H2,1-3H3/b23-12-. The van der Waals surface area contributed by atoms with E-state index in [0.717, 1.165) is 35.4 Å². The number of allylic oxidation sites excluding steroid dienone is 1. The molecule has 0 fully saturated rings. The number of fused-ring (bicyclic) bond motifs is 3. The number of ketones is 1. The highest BCUT2D eigenvalue weighted by atomic mass is 32.1. The molecule has 3 heterocycles. The second kappa shape index (κ2) is 8.92. The first-order valence-corrected chi connectivity index (χ1v) is 11.7. The molecule has 0 saturated heterocycles. The Hall–Kier alpha value is -3.29. The monoisotopic (exact) mass is 463 g/mol. The Labute approximate surface area is 197 Å². The van der Waals surface area contributed by atoms with Crippen LogP contribution in [0.1, 0.15) is 31.9 Å². The molecule has 2 aliphatic rings. The third-order valence-corrected chi connectivity index (χ3v) is 6.91. The molecule has 0 spiro atoms. The Morgan fingerprint density at radius 2 is 2.06 bits per heavy atom. The summed E-state index contributed by atoms with van der Waals surface area (Å²) in [6.07, 6.45) is 2.69. The van der Waals surface area contributed by atoms with Gasteiger partial charge in [-0.25, -0.2) is 0 Å². The fraction of sp³-hybridized carbons (Fsp3) is 0.269. The molecule has 1 aromatic heterocycles. The number of Topliss-reactive ketones (excluding diaryl/α,β-unsaturated/α-hetero) is 1. The topological polar surface area (TPSA) is 57.2 Å². The summed E-state index contributed by atoms with van der Waals surface area (Å²) in [6.45, 7) is 4.00. The molecule has 0 radical (unpaired) electrons. The molecule has 3 aromatic rings. The van der Waals surface area contributed by atoms with Gasteiger partial charge in [-0.1, -0.05) is 6.07 Å². The van der Waals surface area contributed by atoms with Crippen LogP contribution >= 0.6 is 11.3 Å². The van der Waals surface area contributed by atoms with E-state index in [0.29, 0.717) is 36.1 Å². The lowest BCUT2D eigenvalue weighted by molar-refractivity contribution is 0.0951. The third-order valence-electron chi connectivity index (χ3n) is 5.97. The lowest BCUT2D eigenvalue weighted by Gasteiger charge is -2.30. The van der Waals surface area contributed by atoms with Gasteiger partial charge >= 0.3 is 0 Å². The number of methoxy groups -OCH3 is 2. The van der Waals surface area contributed by atoms with Gasteiger partial charge in [0.15, 0.2) is 5.76 Å². The highest BCUT2D eigenvalue weighted by Gasteiger charge is 2.35. The van der Waals surface area contributed by atoms with E-state index in [1.807, 2.05) is 25.1 Å². The number of aryl methyl sites for hydroxylation is 1. The third kappa shape index (κ3) is 4.10. The first kappa shape index (κ1) is 21.6. The molecule has 33 heavy (non-hydrogen) atoms. The van der Waals surface area contributed by atoms with Crippen LogP contribution in [0.4, 0.5) is 0 Å². The first-order chi connectivity index (χ1) is 16.1. The molecule has 2 aliphatic heterocycles. The molecule has 0 bridgehead atoms. The van der Waals surface area contributed by atoms with Crippen LogP contribution in [0.3, 0.4) is 0 Å². The maximum atomic E-state index is 13.3. The van der Waals surface area contributed by atoms with E-state index in [9.17, 15) is 4.79 Å². The number of benzene rings is 2. The maximum absolute atomic E-state index is 13.3. The van der Waals surface area contributed by atoms with E-state index < -0.39 is 0 Å². The van der Waals surface area contributed by atoms with Crippen molar-refractivity contribution in [2.75, 3.05) is 27.5 Å². The van der Waals surface area contributed by atoms with Gasteiger partial charge in [-0.3, -0.25) is 9.69 Å². The molecular formula is C26H25NO5S. The van der Waals surface area contributed by atoms with Crippen molar-refractivity contribution in [1.82, 2.24) is 4.90 Å². The van der Waals surface area contributed by atoms with Gasteiger partial charge in [-0.05, 0) is 54.6 Å². The molecule has 0 aliphatic carbocycles. The lowest BCUT2D eigenvalue weighted by Crippen LogP contribution is -2.33. The fourth-order valence-corrected chi connectivity index (χ4v) is 4.92. The molecule has 2 aromatic carbocycles. The van der Waals surface area contributed by atoms with Crippen molar-refractivity contribution < 1.29 is 23.7 Å². The summed E-state index contributed by atoms with van der Waals surface area (Å²) in [4.78, 5) is 16.9. The first-order valence-electron chi connectivity index (χ1n) is 10.8. The maximum Gasteiger partial charge on any atom is 0.232 e. The van der Waals surface area contributed by atoms with Gasteiger partial charge in [0.05, 0.1) is 25.3 Å². The molecule has 0 saturated carbocycles. The summed E-state index contributed by atoms with van der Waals surface area (Å²) in [5.74, 6) is 2.83. The Bertz CT molecular complexity index is 1230. The molecule has 0 N–H and O–H groups in total. The van der Waals surface area contributed by atoms with E-state index in [-0.39, 0.29) is 11.5 Å². The number of ether oxygens (including phenoxy) is 4. The number of hydrogen-bond acceptors (Lipinski definition) is 7. The van der Waals surface area contributed by atoms with Crippen LogP contribution < -0.4 is 18.9 Å². The number of hydrogen-bond donors (Lipinski definition) is 0. The summed E-state index contributed by atoms with van der Waals surface area (Å²) in [5.41, 5.74) is 3.13. The van der Waals surface area contributed by atoms with Crippen molar-refractivity contribution >= 4 is 23.2 Å². The number of carbonyl (C=O) groups is 1. The van der Waals surface area contributed by atoms with Crippen molar-refractivity contribution in [2.45, 2.75) is 19.9 Å². The Morgan fingerprint density at radius 3 is 2.82 bits per heavy atom. The molecule has 0 amide bonds. The highest BCUT2D eigenvalue weighted by Crippen LogP contribution is 2.44. The van der Waals surface area contributed by atoms with Crippen molar-refractivity contribution in [3.8, 4) is 23.0 Å². The van der Waals surface area contributed by atoms with Crippen molar-refractivity contribution in [2.24, 2.45) is 0 Å². The van der Waals surface area contributed by atoms with Crippen LogP contribution in [0.25, 0.3) is 6.08 Å². The summed E-state index contributed by atoms with van der Waals surface area (Å²) >= 11 is 1.76. The zero-order valence-electron chi connectivity index (χ0n) is 18.8. The predicted molar refractivity (Wildman–Crippen MR) is 128 cm³/mol. The summed E-state index contributed by atoms with van der Waals surface area (Å²) in [7, 11) is 3.19. The molecule has 5 rings (SSSR count). The molecule has 7 heteroatoms. The van der Waals surface area contributed by atoms with E-state index in [1.165, 1.54) is 4.88 Å². The largest absolute Gasteiger partial charge is 0.497 e. The Kier molecular flexibility index (Phi) is 5.83. The van der Waals surface area contributed by atoms with Gasteiger partial charge in [0.25, 0.3) is 0 Å². The van der Waals surface area contributed by atoms with Crippen LogP contribution in [-0.4, -0.2) is 38.2 Å². The summed E-state index contributed by atoms with van der Waals surface area (Å²) < 4.78 is 23.0. The minimum atomic E-state index is -0.126. The predicted octanol–water partition coefficient (Wildman–Crippen LogP) is 5.08. The summed E-state index contributed by atoms with van der Waals surface area (Å²) in [5, 5.41) is 2.10. The Balaban J connectivity index is 1.44. The number of nitrogens with zero attached hydrogens (tertiary/aromatic N) is 1. The van der Waals surface area contributed by atoms with Gasteiger partial charge in [-0.15, -0.1) is 11.3 Å². The van der Waals surface area contributed by atoms with Crippen molar-refractivity contribution in [3.05, 3.63) is 74.7 Å². The van der Waals surface area contributed by atoms with Gasteiger partial charge < -0.3 is 18.9 Å². The highest BCUT2D eigenvalue weighted by molar-refractivity contribution is 7.09. The van der Waals surface area contributed by atoms with Crippen LogP contribution in [0, 0.1) is 6.92 Å². The van der Waals surface area contributed by atoms with Gasteiger partial charge in [-0.2, -0.15) is 0 Å². The molecule has 0 atom stereocenters. The smallest absolute Gasteiger partial charge is 0.232 e. The van der Waals surface area contributed by atoms with Crippen LogP contribution in [-0.2, 0) is 13.0 Å². The van der Waals surface area contributed by atoms with Gasteiger partial charge in [0, 0.05) is 29.6 Å². The lowest BCUT2D eigenvalue weighted by atomic mass is 9.98. The summed E-state index contributed by atoms with van der Waals surface area (Å²) in [6, 6.07) is 11.6. The average Bonchev–Trinajstić information content (AvgIpc) is 3.47. The van der Waals surface area contributed by atoms with E-state index in [1.54, 1.807) is 37.7 Å². The van der Waals surface area contributed by atoms with E-state index in [2.05, 4.69) is 22.4 Å². The fourth-order valence-electron chi connectivity index (χ4n) is 4.22. The molecular weight excluding hydrogens is 438 g/mol. The second-order valence-electron chi connectivity index (χ2n) is 8.08. The van der Waals surface area contributed by atoms with Crippen LogP contribution in [0.15, 0.2) is 47.5 Å². The van der Waals surface area contributed by atoms with Crippen molar-refractivity contribution in [1.29, 1.82) is 0 Å². The minimum Gasteiger partial charge on any atom is -0.497 e. The number of thiophene rings is 1. The van der Waals surface area contributed by atoms with Crippen LogP contribution in [0.5, 0.6) is 23.0 Å².